The summed E-state index contributed by atoms with van der Waals surface area (Å²) in [6, 6.07) is 0.840. The molecule has 1 rings (SSSR count). The Balaban J connectivity index is 3.17. The maximum atomic E-state index is 10.2. The van der Waals surface area contributed by atoms with Crippen LogP contribution in [-0.2, 0) is 0 Å². The fourth-order valence-electron chi connectivity index (χ4n) is 0.562. The average molecular weight is 209 g/mol. The number of hydrogen-bond donors (Lipinski definition) is 0. The van der Waals surface area contributed by atoms with Gasteiger partial charge in [0.1, 0.15) is 6.07 Å². The van der Waals surface area contributed by atoms with E-state index in [4.69, 9.17) is 11.6 Å². The van der Waals surface area contributed by atoms with Crippen molar-refractivity contribution in [3.8, 4) is 0 Å². The topological polar surface area (TPSA) is 86.3 Å². The van der Waals surface area contributed by atoms with Gasteiger partial charge in [0, 0.05) is 0 Å². The first kappa shape index (κ1) is 8.88. The van der Waals surface area contributed by atoms with Crippen LogP contribution in [0, 0.1) is 20.2 Å². The van der Waals surface area contributed by atoms with Crippen molar-refractivity contribution in [2.45, 2.75) is 0 Å². The third kappa shape index (κ3) is 1.51. The summed E-state index contributed by atoms with van der Waals surface area (Å²) in [4.78, 5) is 18.8. The zero-order valence-electron chi connectivity index (χ0n) is 5.39. The van der Waals surface area contributed by atoms with E-state index in [0.717, 1.165) is 6.07 Å². The van der Waals surface area contributed by atoms with Crippen molar-refractivity contribution in [1.82, 2.24) is 0 Å². The van der Waals surface area contributed by atoms with Gasteiger partial charge in [-0.3, -0.25) is 20.2 Å². The molecule has 0 aliphatic carbocycles. The molecule has 0 N–H and O–H groups in total. The van der Waals surface area contributed by atoms with Crippen molar-refractivity contribution in [3.05, 3.63) is 30.6 Å². The molecule has 6 nitrogen and oxygen atoms in total. The van der Waals surface area contributed by atoms with Gasteiger partial charge in [0.15, 0.2) is 4.34 Å². The first-order valence-electron chi connectivity index (χ1n) is 2.60. The van der Waals surface area contributed by atoms with Crippen LogP contribution in [0.5, 0.6) is 0 Å². The Kier molecular flexibility index (Phi) is 2.25. The second-order valence-corrected chi connectivity index (χ2v) is 3.39. The molecular weight excluding hydrogens is 208 g/mol. The van der Waals surface area contributed by atoms with Crippen LogP contribution in [0.15, 0.2) is 6.07 Å². The highest BCUT2D eigenvalue weighted by molar-refractivity contribution is 7.19. The highest BCUT2D eigenvalue weighted by Gasteiger charge is 2.23. The standard InChI is InChI=1S/C4HClN2O4S/c5-4-2(6(8)9)1-3(12-4)7(10)11/h1H. The predicted molar refractivity (Wildman–Crippen MR) is 42.6 cm³/mol. The molecule has 12 heavy (non-hydrogen) atoms. The number of nitrogens with zero attached hydrogens (tertiary/aromatic N) is 2. The molecule has 0 radical (unpaired) electrons. The third-order valence-corrected chi connectivity index (χ3v) is 2.32. The SMILES string of the molecule is O=[N+]([O-])c1cc([N+](=O)[O-])c(Cl)s1. The van der Waals surface area contributed by atoms with Gasteiger partial charge in [-0.2, -0.15) is 0 Å². The van der Waals surface area contributed by atoms with Crippen molar-refractivity contribution < 1.29 is 9.85 Å². The summed E-state index contributed by atoms with van der Waals surface area (Å²) in [6.07, 6.45) is 0. The van der Waals surface area contributed by atoms with Crippen molar-refractivity contribution in [1.29, 1.82) is 0 Å². The lowest BCUT2D eigenvalue weighted by atomic mass is 10.5. The average Bonchev–Trinajstić information content (AvgIpc) is 2.30. The third-order valence-electron chi connectivity index (χ3n) is 1.03. The van der Waals surface area contributed by atoms with Gasteiger partial charge in [-0.15, -0.1) is 0 Å². The zero-order valence-corrected chi connectivity index (χ0v) is 6.96. The molecule has 1 heterocycles. The number of rotatable bonds is 2. The molecule has 0 aliphatic rings. The Morgan fingerprint density at radius 2 is 1.92 bits per heavy atom. The Hall–Kier alpha value is -1.21. The minimum atomic E-state index is -0.758. The van der Waals surface area contributed by atoms with Gasteiger partial charge in [0.2, 0.25) is 0 Å². The molecule has 0 fully saturated rings. The van der Waals surface area contributed by atoms with Crippen LogP contribution in [-0.4, -0.2) is 9.85 Å². The summed E-state index contributed by atoms with van der Waals surface area (Å²) >= 11 is 5.93. The van der Waals surface area contributed by atoms with Crippen LogP contribution in [0.2, 0.25) is 4.34 Å². The van der Waals surface area contributed by atoms with Gasteiger partial charge < -0.3 is 0 Å². The molecule has 1 aromatic heterocycles. The summed E-state index contributed by atoms with van der Waals surface area (Å²) in [5, 5.41) is 20.0. The summed E-state index contributed by atoms with van der Waals surface area (Å²) in [5.74, 6) is 0. The maximum Gasteiger partial charge on any atom is 0.332 e. The van der Waals surface area contributed by atoms with Crippen LogP contribution in [0.3, 0.4) is 0 Å². The van der Waals surface area contributed by atoms with Crippen molar-refractivity contribution in [3.63, 3.8) is 0 Å². The van der Waals surface area contributed by atoms with Crippen molar-refractivity contribution in [2.24, 2.45) is 0 Å². The number of hydrogen-bond acceptors (Lipinski definition) is 5. The lowest BCUT2D eigenvalue weighted by Crippen LogP contribution is -1.85. The Morgan fingerprint density at radius 3 is 2.17 bits per heavy atom. The molecule has 0 bridgehead atoms. The van der Waals surface area contributed by atoms with Crippen LogP contribution in [0.1, 0.15) is 0 Å². The first-order valence-corrected chi connectivity index (χ1v) is 3.80. The van der Waals surface area contributed by atoms with E-state index in [9.17, 15) is 20.2 Å². The van der Waals surface area contributed by atoms with E-state index in [2.05, 4.69) is 0 Å². The molecule has 0 aliphatic heterocycles. The molecule has 0 spiro atoms. The first-order chi connectivity index (χ1) is 5.52. The molecule has 64 valence electrons. The molecule has 0 aromatic carbocycles. The fourth-order valence-corrected chi connectivity index (χ4v) is 1.59. The monoisotopic (exact) mass is 208 g/mol. The predicted octanol–water partition coefficient (Wildman–Crippen LogP) is 2.22. The quantitative estimate of drug-likeness (QED) is 0.551. The maximum absolute atomic E-state index is 10.2. The van der Waals surface area contributed by atoms with E-state index in [1.807, 2.05) is 0 Å². The van der Waals surface area contributed by atoms with Crippen LogP contribution >= 0.6 is 22.9 Å². The molecule has 8 heteroatoms. The van der Waals surface area contributed by atoms with E-state index >= 15 is 0 Å². The molecule has 1 aromatic rings. The second-order valence-electron chi connectivity index (χ2n) is 1.76. The highest BCUT2D eigenvalue weighted by atomic mass is 35.5. The van der Waals surface area contributed by atoms with E-state index in [1.165, 1.54) is 0 Å². The smallest absolute Gasteiger partial charge is 0.258 e. The van der Waals surface area contributed by atoms with Crippen LogP contribution in [0.25, 0.3) is 0 Å². The number of halogens is 1. The molecule has 0 atom stereocenters. The number of nitro groups is 2. The van der Waals surface area contributed by atoms with Crippen LogP contribution in [0.4, 0.5) is 10.7 Å². The van der Waals surface area contributed by atoms with Gasteiger partial charge in [-0.05, 0) is 11.3 Å². The Labute approximate surface area is 74.7 Å². The normalized spacial score (nSPS) is 9.75. The van der Waals surface area contributed by atoms with Crippen molar-refractivity contribution >= 4 is 33.6 Å². The molecule has 0 unspecified atom stereocenters. The lowest BCUT2D eigenvalue weighted by Gasteiger charge is -1.81. The zero-order chi connectivity index (χ0) is 9.30. The van der Waals surface area contributed by atoms with E-state index in [-0.39, 0.29) is 9.34 Å². The minimum absolute atomic E-state index is 0.174. The van der Waals surface area contributed by atoms with E-state index < -0.39 is 15.5 Å². The minimum Gasteiger partial charge on any atom is -0.258 e. The summed E-state index contributed by atoms with van der Waals surface area (Å²) in [5.41, 5.74) is -0.423. The van der Waals surface area contributed by atoms with E-state index in [1.54, 1.807) is 0 Å². The molecule has 0 saturated heterocycles. The summed E-state index contributed by atoms with van der Waals surface area (Å²) < 4.78 is -0.174. The van der Waals surface area contributed by atoms with Crippen LogP contribution < -0.4 is 0 Å². The Morgan fingerprint density at radius 1 is 1.33 bits per heavy atom. The summed E-state index contributed by atoms with van der Waals surface area (Å²) in [6.45, 7) is 0. The number of thiophene rings is 1. The van der Waals surface area contributed by atoms with Gasteiger partial charge in [0.25, 0.3) is 0 Å². The van der Waals surface area contributed by atoms with Gasteiger partial charge >= 0.3 is 10.7 Å². The van der Waals surface area contributed by atoms with Gasteiger partial charge in [-0.25, -0.2) is 0 Å². The molecule has 0 amide bonds. The largest absolute Gasteiger partial charge is 0.332 e. The van der Waals surface area contributed by atoms with Gasteiger partial charge in [-0.1, -0.05) is 11.6 Å². The molecular formula is C4HClN2O4S. The Bertz CT molecular complexity index is 349. The second kappa shape index (κ2) is 3.03. The highest BCUT2D eigenvalue weighted by Crippen LogP contribution is 2.37. The fraction of sp³-hybridized carbons (Fsp3) is 0. The van der Waals surface area contributed by atoms with Crippen molar-refractivity contribution in [2.75, 3.05) is 0 Å². The lowest BCUT2D eigenvalue weighted by molar-refractivity contribution is -0.390. The summed E-state index contributed by atoms with van der Waals surface area (Å²) in [7, 11) is 0. The van der Waals surface area contributed by atoms with Gasteiger partial charge in [0.05, 0.1) is 9.85 Å². The van der Waals surface area contributed by atoms with E-state index in [0.29, 0.717) is 11.3 Å². The molecule has 0 saturated carbocycles.